The molecule has 2 heteroatoms. The van der Waals surface area contributed by atoms with Gasteiger partial charge in [0.15, 0.2) is 5.58 Å². The van der Waals surface area contributed by atoms with E-state index in [1.807, 2.05) is 6.07 Å². The fourth-order valence-corrected chi connectivity index (χ4v) is 8.37. The molecule has 0 saturated carbocycles. The highest BCUT2D eigenvalue weighted by atomic mass is 16.3. The number of hydrogen-bond donors (Lipinski definition) is 0. The number of hydrogen-bond acceptors (Lipinski definition) is 2. The smallest absolute Gasteiger partial charge is 0.227 e. The second-order valence-corrected chi connectivity index (χ2v) is 14.3. The molecule has 0 aliphatic carbocycles. The SMILES string of the molecule is c1ccc(-c2ccc(-c3ccc(-c4nc5c(-c6cc7ccccc7c7ccccc67)cc(-c6cc7ccccc7c7ccccc67)cc5o4)cc3)cc2)cc1. The largest absolute Gasteiger partial charge is 0.436 e. The standard InChI is InChI=1S/C53H33NO/c1-2-12-34(13-3-1)35-22-24-36(25-23-35)37-26-28-38(29-27-37)53-54-52-50(49-31-40-15-5-7-17-43(40)45-19-9-11-21-47(45)49)32-41(33-51(52)55-53)48-30-39-14-4-6-16-42(39)44-18-8-10-20-46(44)48/h1-33H. The van der Waals surface area contributed by atoms with Gasteiger partial charge in [0.25, 0.3) is 0 Å². The van der Waals surface area contributed by atoms with E-state index in [9.17, 15) is 0 Å². The Bertz CT molecular complexity index is 3230. The first kappa shape index (κ1) is 31.3. The van der Waals surface area contributed by atoms with Crippen LogP contribution in [0.2, 0.25) is 0 Å². The maximum absolute atomic E-state index is 6.78. The lowest BCUT2D eigenvalue weighted by molar-refractivity contribution is 0.620. The van der Waals surface area contributed by atoms with Gasteiger partial charge in [0.1, 0.15) is 5.52 Å². The van der Waals surface area contributed by atoms with Crippen molar-refractivity contribution in [1.82, 2.24) is 4.98 Å². The van der Waals surface area contributed by atoms with Gasteiger partial charge in [0.2, 0.25) is 5.89 Å². The number of aromatic nitrogens is 1. The molecule has 1 heterocycles. The first-order valence-electron chi connectivity index (χ1n) is 18.8. The number of nitrogens with zero attached hydrogens (tertiary/aromatic N) is 1. The van der Waals surface area contributed by atoms with Gasteiger partial charge in [-0.3, -0.25) is 0 Å². The van der Waals surface area contributed by atoms with Crippen molar-refractivity contribution < 1.29 is 4.42 Å². The number of oxazole rings is 1. The molecule has 0 aliphatic rings. The fraction of sp³-hybridized carbons (Fsp3) is 0. The van der Waals surface area contributed by atoms with Crippen molar-refractivity contribution in [3.05, 3.63) is 200 Å². The van der Waals surface area contributed by atoms with E-state index in [-0.39, 0.29) is 0 Å². The molecule has 2 nitrogen and oxygen atoms in total. The summed E-state index contributed by atoms with van der Waals surface area (Å²) in [7, 11) is 0. The molecule has 0 atom stereocenters. The van der Waals surface area contributed by atoms with Crippen LogP contribution in [0.25, 0.3) is 110 Å². The summed E-state index contributed by atoms with van der Waals surface area (Å²) in [4.78, 5) is 5.27. The van der Waals surface area contributed by atoms with Gasteiger partial charge in [-0.15, -0.1) is 0 Å². The average Bonchev–Trinajstić information content (AvgIpc) is 3.70. The minimum Gasteiger partial charge on any atom is -0.436 e. The number of rotatable bonds is 5. The topological polar surface area (TPSA) is 26.0 Å². The number of benzene rings is 10. The maximum atomic E-state index is 6.78. The lowest BCUT2D eigenvalue weighted by Gasteiger charge is -2.14. The van der Waals surface area contributed by atoms with Crippen LogP contribution in [0.5, 0.6) is 0 Å². The van der Waals surface area contributed by atoms with Crippen molar-refractivity contribution in [3.63, 3.8) is 0 Å². The van der Waals surface area contributed by atoms with Crippen LogP contribution in [0, 0.1) is 0 Å². The normalized spacial score (nSPS) is 11.6. The molecule has 11 aromatic rings. The predicted molar refractivity (Wildman–Crippen MR) is 231 cm³/mol. The molecule has 10 aromatic carbocycles. The van der Waals surface area contributed by atoms with Crippen molar-refractivity contribution in [2.45, 2.75) is 0 Å². The van der Waals surface area contributed by atoms with Crippen LogP contribution >= 0.6 is 0 Å². The van der Waals surface area contributed by atoms with Gasteiger partial charge < -0.3 is 4.42 Å². The molecule has 0 saturated heterocycles. The first-order valence-corrected chi connectivity index (χ1v) is 18.8. The van der Waals surface area contributed by atoms with Crippen molar-refractivity contribution in [1.29, 1.82) is 0 Å². The summed E-state index contributed by atoms with van der Waals surface area (Å²) in [5, 5.41) is 9.76. The van der Waals surface area contributed by atoms with Gasteiger partial charge in [0, 0.05) is 11.1 Å². The average molecular weight is 700 g/mol. The van der Waals surface area contributed by atoms with Crippen LogP contribution in [0.15, 0.2) is 205 Å². The lowest BCUT2D eigenvalue weighted by Crippen LogP contribution is -1.89. The van der Waals surface area contributed by atoms with Crippen LogP contribution in [0.1, 0.15) is 0 Å². The summed E-state index contributed by atoms with van der Waals surface area (Å²) in [6, 6.07) is 71.7. The van der Waals surface area contributed by atoms with E-state index in [0.29, 0.717) is 5.89 Å². The summed E-state index contributed by atoms with van der Waals surface area (Å²) in [6.07, 6.45) is 0. The Morgan fingerprint density at radius 1 is 0.291 bits per heavy atom. The van der Waals surface area contributed by atoms with Crippen molar-refractivity contribution in [3.8, 4) is 56.0 Å². The second-order valence-electron chi connectivity index (χ2n) is 14.3. The highest BCUT2D eigenvalue weighted by molar-refractivity contribution is 6.18. The van der Waals surface area contributed by atoms with E-state index in [1.165, 1.54) is 65.3 Å². The quantitative estimate of drug-likeness (QED) is 0.167. The zero-order valence-corrected chi connectivity index (χ0v) is 29.9. The Hall–Kier alpha value is -7.29. The molecular weight excluding hydrogens is 667 g/mol. The monoisotopic (exact) mass is 699 g/mol. The summed E-state index contributed by atoms with van der Waals surface area (Å²) in [6.45, 7) is 0. The molecule has 11 rings (SSSR count). The lowest BCUT2D eigenvalue weighted by atomic mass is 9.89. The third kappa shape index (κ3) is 5.30. The Labute approximate surface area is 318 Å². The molecule has 1 aromatic heterocycles. The zero-order valence-electron chi connectivity index (χ0n) is 29.9. The van der Waals surface area contributed by atoms with Gasteiger partial charge in [-0.05, 0) is 118 Å². The van der Waals surface area contributed by atoms with E-state index < -0.39 is 0 Å². The molecule has 55 heavy (non-hydrogen) atoms. The minimum atomic E-state index is 0.604. The van der Waals surface area contributed by atoms with Gasteiger partial charge in [-0.25, -0.2) is 4.98 Å². The van der Waals surface area contributed by atoms with Crippen molar-refractivity contribution in [2.75, 3.05) is 0 Å². The summed E-state index contributed by atoms with van der Waals surface area (Å²) in [5.74, 6) is 0.604. The molecule has 0 N–H and O–H groups in total. The molecule has 0 aliphatic heterocycles. The minimum absolute atomic E-state index is 0.604. The molecule has 0 radical (unpaired) electrons. The van der Waals surface area contributed by atoms with Crippen LogP contribution in [-0.2, 0) is 0 Å². The van der Waals surface area contributed by atoms with E-state index in [4.69, 9.17) is 9.40 Å². The van der Waals surface area contributed by atoms with E-state index in [1.54, 1.807) is 0 Å². The van der Waals surface area contributed by atoms with Crippen molar-refractivity contribution in [2.24, 2.45) is 0 Å². The second kappa shape index (κ2) is 12.7. The van der Waals surface area contributed by atoms with Crippen LogP contribution < -0.4 is 0 Å². The highest BCUT2D eigenvalue weighted by Gasteiger charge is 2.20. The van der Waals surface area contributed by atoms with E-state index in [0.717, 1.165) is 38.9 Å². The van der Waals surface area contributed by atoms with Crippen LogP contribution in [0.3, 0.4) is 0 Å². The van der Waals surface area contributed by atoms with E-state index >= 15 is 0 Å². The Morgan fingerprint density at radius 3 is 1.31 bits per heavy atom. The molecule has 0 unspecified atom stereocenters. The molecular formula is C53H33NO. The molecule has 0 amide bonds. The van der Waals surface area contributed by atoms with E-state index in [2.05, 4.69) is 194 Å². The molecule has 0 spiro atoms. The van der Waals surface area contributed by atoms with Gasteiger partial charge >= 0.3 is 0 Å². The van der Waals surface area contributed by atoms with Gasteiger partial charge in [-0.2, -0.15) is 0 Å². The third-order valence-corrected chi connectivity index (χ3v) is 11.1. The third-order valence-electron chi connectivity index (χ3n) is 11.1. The highest BCUT2D eigenvalue weighted by Crippen LogP contribution is 2.43. The van der Waals surface area contributed by atoms with Crippen LogP contribution in [-0.4, -0.2) is 4.98 Å². The van der Waals surface area contributed by atoms with Crippen LogP contribution in [0.4, 0.5) is 0 Å². The van der Waals surface area contributed by atoms with Gasteiger partial charge in [0.05, 0.1) is 0 Å². The Kier molecular flexibility index (Phi) is 7.21. The Balaban J connectivity index is 1.10. The first-order chi connectivity index (χ1) is 27.2. The predicted octanol–water partition coefficient (Wildman–Crippen LogP) is 14.8. The van der Waals surface area contributed by atoms with Gasteiger partial charge in [-0.1, -0.05) is 164 Å². The van der Waals surface area contributed by atoms with Crippen molar-refractivity contribution >= 4 is 54.2 Å². The molecule has 0 fully saturated rings. The molecule has 0 bridgehead atoms. The molecule has 256 valence electrons. The zero-order chi connectivity index (χ0) is 36.3. The number of fused-ring (bicyclic) bond motifs is 7. The maximum Gasteiger partial charge on any atom is 0.227 e. The summed E-state index contributed by atoms with van der Waals surface area (Å²) in [5.41, 5.74) is 11.7. The fourth-order valence-electron chi connectivity index (χ4n) is 8.37. The summed E-state index contributed by atoms with van der Waals surface area (Å²) < 4.78 is 6.78. The Morgan fingerprint density at radius 2 is 0.727 bits per heavy atom. The summed E-state index contributed by atoms with van der Waals surface area (Å²) >= 11 is 0.